The van der Waals surface area contributed by atoms with Gasteiger partial charge in [-0.15, -0.1) is 0 Å². The average Bonchev–Trinajstić information content (AvgIpc) is 2.94. The van der Waals surface area contributed by atoms with Crippen LogP contribution >= 0.6 is 0 Å². The summed E-state index contributed by atoms with van der Waals surface area (Å²) in [5, 5.41) is 21.8. The fraction of sp³-hybridized carbons (Fsp3) is 0.724. The molecule has 0 aliphatic carbocycles. The molecule has 0 heterocycles. The summed E-state index contributed by atoms with van der Waals surface area (Å²) >= 11 is 0. The number of nitrogens with one attached hydrogen (secondary N) is 5. The van der Waals surface area contributed by atoms with Crippen molar-refractivity contribution in [2.75, 3.05) is 6.54 Å². The van der Waals surface area contributed by atoms with E-state index in [0.717, 1.165) is 0 Å². The van der Waals surface area contributed by atoms with Gasteiger partial charge < -0.3 is 54.6 Å². The van der Waals surface area contributed by atoms with E-state index < -0.39 is 77.7 Å². The van der Waals surface area contributed by atoms with Gasteiger partial charge in [-0.2, -0.15) is 0 Å². The largest absolute Gasteiger partial charge is 0.480 e. The first-order chi connectivity index (χ1) is 21.7. The van der Waals surface area contributed by atoms with Crippen molar-refractivity contribution in [1.29, 1.82) is 0 Å². The summed E-state index contributed by atoms with van der Waals surface area (Å²) in [5.74, 6) is -5.96. The highest BCUT2D eigenvalue weighted by atomic mass is 16.4. The number of nitrogens with two attached hydrogens (primary N) is 4. The lowest BCUT2D eigenvalue weighted by atomic mass is 10.0. The van der Waals surface area contributed by atoms with Gasteiger partial charge in [0.1, 0.15) is 30.2 Å². The van der Waals surface area contributed by atoms with E-state index in [9.17, 15) is 38.7 Å². The quantitative estimate of drug-likeness (QED) is 0.0320. The lowest BCUT2D eigenvalue weighted by Crippen LogP contribution is -2.59. The number of hydrogen-bond donors (Lipinski definition) is 10. The van der Waals surface area contributed by atoms with E-state index in [0.29, 0.717) is 0 Å². The Balaban J connectivity index is 6.25. The Morgan fingerprint density at radius 2 is 1.02 bits per heavy atom. The molecule has 0 saturated heterocycles. The van der Waals surface area contributed by atoms with Gasteiger partial charge in [0.05, 0.1) is 6.04 Å². The van der Waals surface area contributed by atoms with Crippen LogP contribution < -0.4 is 49.5 Å². The van der Waals surface area contributed by atoms with E-state index in [4.69, 9.17) is 22.9 Å². The number of aliphatic imine (C=N–C) groups is 1. The molecule has 6 amide bonds. The third-order valence-electron chi connectivity index (χ3n) is 6.71. The van der Waals surface area contributed by atoms with Crippen molar-refractivity contribution in [2.45, 2.75) is 116 Å². The lowest BCUT2D eigenvalue weighted by Gasteiger charge is -2.27. The number of rotatable bonds is 22. The van der Waals surface area contributed by atoms with Crippen LogP contribution in [0.2, 0.25) is 0 Å². The van der Waals surface area contributed by atoms with Gasteiger partial charge in [0.25, 0.3) is 0 Å². The maximum atomic E-state index is 13.6. The molecular weight excluding hydrogens is 616 g/mol. The molecule has 0 aromatic rings. The molecule has 0 rings (SSSR count). The Hall–Kier alpha value is -4.48. The first kappa shape index (κ1) is 42.5. The maximum absolute atomic E-state index is 13.6. The summed E-state index contributed by atoms with van der Waals surface area (Å²) in [6, 6.07) is -6.95. The zero-order chi connectivity index (χ0) is 36.4. The van der Waals surface area contributed by atoms with Crippen LogP contribution in [-0.2, 0) is 33.6 Å². The Kier molecular flexibility index (Phi) is 19.3. The SMILES string of the molecule is CC(C)C[C@H](NC(=O)[C@H](C)N)C(=O)N[C@@H](CCC(N)=O)C(=O)N[C@@H](CCCN=C(N)N)C(=O)N[C@@H](CC(C)C)C(=O)N[C@@H](C)C(=O)O. The molecule has 0 aromatic carbocycles. The molecule has 14 N–H and O–H groups in total. The van der Waals surface area contributed by atoms with E-state index in [1.807, 2.05) is 13.8 Å². The highest BCUT2D eigenvalue weighted by Crippen LogP contribution is 2.10. The van der Waals surface area contributed by atoms with Gasteiger partial charge in [0.2, 0.25) is 35.4 Å². The van der Waals surface area contributed by atoms with Gasteiger partial charge in [-0.25, -0.2) is 0 Å². The Bertz CT molecular complexity index is 1120. The van der Waals surface area contributed by atoms with Crippen molar-refractivity contribution >= 4 is 47.4 Å². The van der Waals surface area contributed by atoms with Crippen molar-refractivity contribution in [3.63, 3.8) is 0 Å². The molecule has 0 saturated carbocycles. The monoisotopic (exact) mass is 670 g/mol. The van der Waals surface area contributed by atoms with Gasteiger partial charge in [-0.05, 0) is 57.8 Å². The topological polar surface area (TPSA) is 316 Å². The van der Waals surface area contributed by atoms with Gasteiger partial charge in [-0.1, -0.05) is 27.7 Å². The second kappa shape index (κ2) is 21.3. The van der Waals surface area contributed by atoms with Gasteiger partial charge in [0, 0.05) is 13.0 Å². The molecule has 0 radical (unpaired) electrons. The summed E-state index contributed by atoms with van der Waals surface area (Å²) < 4.78 is 0. The minimum absolute atomic E-state index is 0.00714. The van der Waals surface area contributed by atoms with Crippen molar-refractivity contribution < 1.29 is 38.7 Å². The molecular formula is C29H54N10O8. The molecule has 0 aliphatic rings. The number of amides is 6. The van der Waals surface area contributed by atoms with Crippen LogP contribution in [0.1, 0.15) is 80.1 Å². The molecule has 0 spiro atoms. The van der Waals surface area contributed by atoms with Crippen molar-refractivity contribution in [1.82, 2.24) is 26.6 Å². The lowest BCUT2D eigenvalue weighted by molar-refractivity contribution is -0.142. The second-order valence-corrected chi connectivity index (χ2v) is 12.3. The molecule has 0 aromatic heterocycles. The summed E-state index contributed by atoms with van der Waals surface area (Å²) in [5.41, 5.74) is 21.7. The zero-order valence-electron chi connectivity index (χ0n) is 28.1. The first-order valence-electron chi connectivity index (χ1n) is 15.6. The number of carboxylic acid groups (broad SMARTS) is 1. The Labute approximate surface area is 275 Å². The van der Waals surface area contributed by atoms with Crippen LogP contribution in [0.3, 0.4) is 0 Å². The van der Waals surface area contributed by atoms with Crippen molar-refractivity contribution in [3.8, 4) is 0 Å². The predicted octanol–water partition coefficient (Wildman–Crippen LogP) is -2.73. The average molecular weight is 671 g/mol. The number of carbonyl (C=O) groups excluding carboxylic acids is 6. The molecule has 0 aliphatic heterocycles. The number of nitrogens with zero attached hydrogens (tertiary/aromatic N) is 1. The zero-order valence-corrected chi connectivity index (χ0v) is 28.1. The van der Waals surface area contributed by atoms with Gasteiger partial charge >= 0.3 is 5.97 Å². The molecule has 18 nitrogen and oxygen atoms in total. The third kappa shape index (κ3) is 18.3. The second-order valence-electron chi connectivity index (χ2n) is 12.3. The first-order valence-corrected chi connectivity index (χ1v) is 15.6. The van der Waals surface area contributed by atoms with E-state index in [1.54, 1.807) is 13.8 Å². The number of guanidine groups is 1. The number of aliphatic carboxylic acids is 1. The number of carbonyl (C=O) groups is 7. The van der Waals surface area contributed by atoms with Crippen LogP contribution in [0.25, 0.3) is 0 Å². The van der Waals surface area contributed by atoms with E-state index in [1.165, 1.54) is 13.8 Å². The van der Waals surface area contributed by atoms with Crippen LogP contribution in [0.15, 0.2) is 4.99 Å². The molecule has 47 heavy (non-hydrogen) atoms. The minimum atomic E-state index is -1.35. The number of hydrogen-bond acceptors (Lipinski definition) is 9. The molecule has 268 valence electrons. The fourth-order valence-electron chi connectivity index (χ4n) is 4.23. The summed E-state index contributed by atoms with van der Waals surface area (Å²) in [7, 11) is 0. The smallest absolute Gasteiger partial charge is 0.325 e. The van der Waals surface area contributed by atoms with Crippen LogP contribution in [0, 0.1) is 11.8 Å². The van der Waals surface area contributed by atoms with Crippen LogP contribution in [0.4, 0.5) is 0 Å². The normalized spacial score (nSPS) is 14.8. The molecule has 0 unspecified atom stereocenters. The number of primary amides is 1. The van der Waals surface area contributed by atoms with Crippen LogP contribution in [-0.4, -0.2) is 95.3 Å². The van der Waals surface area contributed by atoms with E-state index >= 15 is 0 Å². The molecule has 0 bridgehead atoms. The Morgan fingerprint density at radius 1 is 0.617 bits per heavy atom. The molecule has 0 fully saturated rings. The standard InChI is InChI=1S/C29H54N10O8/c1-14(2)12-20(26(44)35-17(6)28(46)47)39-24(42)18(8-7-11-34-29(32)33)36-25(43)19(9-10-22(31)40)37-27(45)21(13-15(3)4)38-23(41)16(5)30/h14-21H,7-13,30H2,1-6H3,(H2,31,40)(H,35,44)(H,36,43)(H,37,45)(H,38,41)(H,39,42)(H,46,47)(H4,32,33,34)/t16-,17-,18-,19-,20-,21-/m0/s1. The molecule has 18 heteroatoms. The molecule has 6 atom stereocenters. The summed E-state index contributed by atoms with van der Waals surface area (Å²) in [6.45, 7) is 10.1. The van der Waals surface area contributed by atoms with E-state index in [-0.39, 0.29) is 62.9 Å². The van der Waals surface area contributed by atoms with Crippen LogP contribution in [0.5, 0.6) is 0 Å². The van der Waals surface area contributed by atoms with Crippen molar-refractivity contribution in [2.24, 2.45) is 39.8 Å². The number of carboxylic acids is 1. The van der Waals surface area contributed by atoms with E-state index in [2.05, 4.69) is 31.6 Å². The van der Waals surface area contributed by atoms with Crippen molar-refractivity contribution in [3.05, 3.63) is 0 Å². The van der Waals surface area contributed by atoms with Gasteiger partial charge in [-0.3, -0.25) is 38.6 Å². The highest BCUT2D eigenvalue weighted by Gasteiger charge is 2.32. The predicted molar refractivity (Wildman–Crippen MR) is 174 cm³/mol. The summed E-state index contributed by atoms with van der Waals surface area (Å²) in [6.07, 6.45) is 0.0536. The maximum Gasteiger partial charge on any atom is 0.325 e. The third-order valence-corrected chi connectivity index (χ3v) is 6.71. The summed E-state index contributed by atoms with van der Waals surface area (Å²) in [4.78, 5) is 92.3. The minimum Gasteiger partial charge on any atom is -0.480 e. The fourth-order valence-corrected chi connectivity index (χ4v) is 4.23. The Morgan fingerprint density at radius 3 is 1.43 bits per heavy atom. The van der Waals surface area contributed by atoms with Gasteiger partial charge in [0.15, 0.2) is 5.96 Å². The highest BCUT2D eigenvalue weighted by molar-refractivity contribution is 5.96.